The summed E-state index contributed by atoms with van der Waals surface area (Å²) in [7, 11) is 0. The van der Waals surface area contributed by atoms with E-state index < -0.39 is 6.10 Å². The number of rotatable bonds is 48. The van der Waals surface area contributed by atoms with Crippen molar-refractivity contribution in [2.24, 2.45) is 0 Å². The molecule has 0 bridgehead atoms. The molecule has 0 N–H and O–H groups in total. The normalized spacial score (nSPS) is 12.5. The van der Waals surface area contributed by atoms with Crippen LogP contribution in [0.15, 0.2) is 60.8 Å². The van der Waals surface area contributed by atoms with E-state index in [0.717, 1.165) is 96.3 Å². The van der Waals surface area contributed by atoms with Crippen molar-refractivity contribution in [3.63, 3.8) is 0 Å². The molecule has 1 atom stereocenters. The third-order valence-electron chi connectivity index (χ3n) is 11.5. The Bertz CT molecular complexity index is 1150. The van der Waals surface area contributed by atoms with E-state index in [-0.39, 0.29) is 31.1 Å². The van der Waals surface area contributed by atoms with Crippen LogP contribution in [0.4, 0.5) is 0 Å². The lowest BCUT2D eigenvalue weighted by Gasteiger charge is -2.18. The molecule has 0 aliphatic rings. The van der Waals surface area contributed by atoms with Crippen LogP contribution in [0.1, 0.15) is 265 Å². The molecule has 0 aliphatic carbocycles. The third kappa shape index (κ3) is 50.0. The summed E-state index contributed by atoms with van der Waals surface area (Å²) in [5, 5.41) is 0. The van der Waals surface area contributed by atoms with Gasteiger partial charge in [-0.05, 0) is 103 Å². The number of unbranched alkanes of at least 4 members (excludes halogenated alkanes) is 27. The highest BCUT2D eigenvalue weighted by molar-refractivity contribution is 5.71. The van der Waals surface area contributed by atoms with Gasteiger partial charge in [0.05, 0.1) is 0 Å². The van der Waals surface area contributed by atoms with Crippen LogP contribution < -0.4 is 0 Å². The second-order valence-electron chi connectivity index (χ2n) is 17.7. The van der Waals surface area contributed by atoms with Gasteiger partial charge < -0.3 is 14.2 Å². The first-order chi connectivity index (χ1) is 31.0. The molecule has 6 heteroatoms. The summed E-state index contributed by atoms with van der Waals surface area (Å²) in [5.74, 6) is -0.913. The van der Waals surface area contributed by atoms with Crippen LogP contribution in [0.3, 0.4) is 0 Å². The van der Waals surface area contributed by atoms with Crippen LogP contribution in [-0.2, 0) is 28.6 Å². The first kappa shape index (κ1) is 60.1. The maximum Gasteiger partial charge on any atom is 0.306 e. The molecule has 6 nitrogen and oxygen atoms in total. The van der Waals surface area contributed by atoms with Gasteiger partial charge in [0.2, 0.25) is 0 Å². The summed E-state index contributed by atoms with van der Waals surface area (Å²) < 4.78 is 16.8. The molecule has 63 heavy (non-hydrogen) atoms. The molecule has 0 heterocycles. The van der Waals surface area contributed by atoms with Gasteiger partial charge >= 0.3 is 17.9 Å². The van der Waals surface area contributed by atoms with E-state index in [4.69, 9.17) is 14.2 Å². The molecular formula is C57H100O6. The number of hydrogen-bond acceptors (Lipinski definition) is 6. The maximum atomic E-state index is 12.8. The first-order valence-corrected chi connectivity index (χ1v) is 26.8. The average Bonchev–Trinajstić information content (AvgIpc) is 3.28. The Labute approximate surface area is 390 Å². The number of carbonyl (C=O) groups is 3. The zero-order valence-corrected chi connectivity index (χ0v) is 41.6. The largest absolute Gasteiger partial charge is 0.462 e. The van der Waals surface area contributed by atoms with E-state index in [1.807, 2.05) is 0 Å². The van der Waals surface area contributed by atoms with Gasteiger partial charge in [-0.25, -0.2) is 0 Å². The SMILES string of the molecule is CC/C=C\C/C=C\C/C=C\CCCCCCCCC(=O)OCC(COC(=O)CCCCC/C=C\CCCCCCCCC)OC(=O)CCCCCCCCC/C=C\CCCCCC. The maximum absolute atomic E-state index is 12.8. The van der Waals surface area contributed by atoms with Gasteiger partial charge in [-0.3, -0.25) is 14.4 Å². The van der Waals surface area contributed by atoms with E-state index in [1.54, 1.807) is 0 Å². The standard InChI is InChI=1S/C57H100O6/c1-4-7-10-13-16-19-22-25-28-30-32-35-38-41-44-47-50-56(59)62-53-54(52-61-55(58)49-46-43-40-37-34-31-27-24-21-18-15-12-9-6-3)63-57(60)51-48-45-42-39-36-33-29-26-23-20-17-14-11-8-5-2/h7,10,16,19-20,23,25,28,31,34,54H,4-6,8-9,11-15,17-18,21-22,24,26-27,29-30,32-33,35-53H2,1-3H3/b10-7-,19-16-,23-20-,28-25-,34-31-. The monoisotopic (exact) mass is 881 g/mol. The van der Waals surface area contributed by atoms with E-state index in [0.29, 0.717) is 19.3 Å². The topological polar surface area (TPSA) is 78.9 Å². The molecule has 0 aromatic heterocycles. The molecule has 1 unspecified atom stereocenters. The summed E-state index contributed by atoms with van der Waals surface area (Å²) in [6.45, 7) is 6.49. The minimum Gasteiger partial charge on any atom is -0.462 e. The summed E-state index contributed by atoms with van der Waals surface area (Å²) in [6, 6.07) is 0. The van der Waals surface area contributed by atoms with Gasteiger partial charge in [0.25, 0.3) is 0 Å². The Balaban J connectivity index is 4.42. The Kier molecular flexibility index (Phi) is 49.4. The highest BCUT2D eigenvalue weighted by Gasteiger charge is 2.19. The van der Waals surface area contributed by atoms with Crippen LogP contribution in [0.25, 0.3) is 0 Å². The van der Waals surface area contributed by atoms with Crippen molar-refractivity contribution < 1.29 is 28.6 Å². The van der Waals surface area contributed by atoms with Gasteiger partial charge in [0, 0.05) is 19.3 Å². The Hall–Kier alpha value is -2.89. The molecule has 0 saturated carbocycles. The van der Waals surface area contributed by atoms with E-state index in [2.05, 4.69) is 81.5 Å². The fourth-order valence-electron chi connectivity index (χ4n) is 7.45. The summed E-state index contributed by atoms with van der Waals surface area (Å²) in [6.07, 6.45) is 63.4. The van der Waals surface area contributed by atoms with Crippen molar-refractivity contribution in [1.82, 2.24) is 0 Å². The van der Waals surface area contributed by atoms with Crippen LogP contribution in [-0.4, -0.2) is 37.2 Å². The Morgan fingerprint density at radius 2 is 0.619 bits per heavy atom. The summed E-state index contributed by atoms with van der Waals surface area (Å²) in [4.78, 5) is 38.0. The fourth-order valence-corrected chi connectivity index (χ4v) is 7.45. The molecule has 0 fully saturated rings. The average molecular weight is 881 g/mol. The second-order valence-corrected chi connectivity index (χ2v) is 17.7. The van der Waals surface area contributed by atoms with Crippen molar-refractivity contribution in [1.29, 1.82) is 0 Å². The fraction of sp³-hybridized carbons (Fsp3) is 0.772. The summed E-state index contributed by atoms with van der Waals surface area (Å²) in [5.41, 5.74) is 0. The molecular weight excluding hydrogens is 781 g/mol. The van der Waals surface area contributed by atoms with Crippen molar-refractivity contribution in [2.45, 2.75) is 271 Å². The summed E-state index contributed by atoms with van der Waals surface area (Å²) >= 11 is 0. The molecule has 0 aliphatic heterocycles. The number of carbonyl (C=O) groups excluding carboxylic acids is 3. The molecule has 0 rings (SSSR count). The van der Waals surface area contributed by atoms with Crippen molar-refractivity contribution in [3.8, 4) is 0 Å². The quantitative estimate of drug-likeness (QED) is 0.0262. The van der Waals surface area contributed by atoms with E-state index in [1.165, 1.54) is 128 Å². The molecule has 0 spiro atoms. The van der Waals surface area contributed by atoms with Gasteiger partial charge in [0.1, 0.15) is 13.2 Å². The highest BCUT2D eigenvalue weighted by Crippen LogP contribution is 2.14. The molecule has 0 aromatic rings. The number of hydrogen-bond donors (Lipinski definition) is 0. The van der Waals surface area contributed by atoms with Gasteiger partial charge in [-0.2, -0.15) is 0 Å². The lowest BCUT2D eigenvalue weighted by Crippen LogP contribution is -2.30. The molecule has 0 radical (unpaired) electrons. The lowest BCUT2D eigenvalue weighted by molar-refractivity contribution is -0.167. The molecule has 0 saturated heterocycles. The second kappa shape index (κ2) is 51.7. The minimum atomic E-state index is -0.787. The number of ether oxygens (including phenoxy) is 3. The Morgan fingerprint density at radius 1 is 0.333 bits per heavy atom. The van der Waals surface area contributed by atoms with Crippen molar-refractivity contribution in [2.75, 3.05) is 13.2 Å². The van der Waals surface area contributed by atoms with E-state index >= 15 is 0 Å². The molecule has 0 amide bonds. The van der Waals surface area contributed by atoms with Crippen LogP contribution >= 0.6 is 0 Å². The minimum absolute atomic E-state index is 0.0870. The smallest absolute Gasteiger partial charge is 0.306 e. The number of esters is 3. The zero-order chi connectivity index (χ0) is 45.8. The Morgan fingerprint density at radius 3 is 1.02 bits per heavy atom. The van der Waals surface area contributed by atoms with Gasteiger partial charge in [-0.15, -0.1) is 0 Å². The number of allylic oxidation sites excluding steroid dienone is 10. The lowest BCUT2D eigenvalue weighted by atomic mass is 10.1. The van der Waals surface area contributed by atoms with Crippen LogP contribution in [0.5, 0.6) is 0 Å². The first-order valence-electron chi connectivity index (χ1n) is 26.8. The van der Waals surface area contributed by atoms with Crippen molar-refractivity contribution in [3.05, 3.63) is 60.8 Å². The predicted molar refractivity (Wildman–Crippen MR) is 270 cm³/mol. The molecule has 364 valence electrons. The van der Waals surface area contributed by atoms with Crippen LogP contribution in [0, 0.1) is 0 Å². The van der Waals surface area contributed by atoms with Crippen molar-refractivity contribution >= 4 is 17.9 Å². The predicted octanol–water partition coefficient (Wildman–Crippen LogP) is 17.6. The zero-order valence-electron chi connectivity index (χ0n) is 41.6. The third-order valence-corrected chi connectivity index (χ3v) is 11.5. The highest BCUT2D eigenvalue weighted by atomic mass is 16.6. The van der Waals surface area contributed by atoms with E-state index in [9.17, 15) is 14.4 Å². The van der Waals surface area contributed by atoms with Crippen LogP contribution in [0.2, 0.25) is 0 Å². The molecule has 0 aromatic carbocycles. The van der Waals surface area contributed by atoms with Gasteiger partial charge in [0.15, 0.2) is 6.10 Å². The van der Waals surface area contributed by atoms with Gasteiger partial charge in [-0.1, -0.05) is 204 Å².